The number of methoxy groups -OCH3 is 1. The van der Waals surface area contributed by atoms with Crippen LogP contribution in [0.2, 0.25) is 0 Å². The van der Waals surface area contributed by atoms with Crippen molar-refractivity contribution in [3.8, 4) is 17.1 Å². The van der Waals surface area contributed by atoms with Crippen LogP contribution in [0, 0.1) is 0 Å². The summed E-state index contributed by atoms with van der Waals surface area (Å²) in [5.74, 6) is 2.05. The summed E-state index contributed by atoms with van der Waals surface area (Å²) in [5.41, 5.74) is 0.890. The van der Waals surface area contributed by atoms with Crippen LogP contribution >= 0.6 is 11.8 Å². The highest BCUT2D eigenvalue weighted by atomic mass is 32.2. The summed E-state index contributed by atoms with van der Waals surface area (Å²) >= 11 is 1.44. The molecule has 1 saturated heterocycles. The molecule has 2 heterocycles. The van der Waals surface area contributed by atoms with Crippen molar-refractivity contribution in [3.05, 3.63) is 24.3 Å². The SMILES string of the molecule is COc1ccccc1-c1nnc(SCC(=O)N2[C@H](C)CCC[C@H]2C)n1C. The normalized spacial score (nSPS) is 20.2. The van der Waals surface area contributed by atoms with Gasteiger partial charge in [-0.1, -0.05) is 23.9 Å². The molecule has 1 aliphatic heterocycles. The summed E-state index contributed by atoms with van der Waals surface area (Å²) in [6, 6.07) is 8.36. The molecule has 1 amide bonds. The van der Waals surface area contributed by atoms with E-state index in [9.17, 15) is 4.79 Å². The van der Waals surface area contributed by atoms with Crippen molar-refractivity contribution in [2.24, 2.45) is 7.05 Å². The van der Waals surface area contributed by atoms with Gasteiger partial charge < -0.3 is 14.2 Å². The highest BCUT2D eigenvalue weighted by molar-refractivity contribution is 7.99. The van der Waals surface area contributed by atoms with Gasteiger partial charge in [0.2, 0.25) is 5.91 Å². The van der Waals surface area contributed by atoms with E-state index in [-0.39, 0.29) is 5.91 Å². The highest BCUT2D eigenvalue weighted by Gasteiger charge is 2.29. The Balaban J connectivity index is 1.72. The molecule has 0 N–H and O–H groups in total. The molecule has 26 heavy (non-hydrogen) atoms. The largest absolute Gasteiger partial charge is 0.496 e. The predicted molar refractivity (Wildman–Crippen MR) is 103 cm³/mol. The summed E-state index contributed by atoms with van der Waals surface area (Å²) in [7, 11) is 3.56. The first-order valence-electron chi connectivity index (χ1n) is 8.99. The van der Waals surface area contributed by atoms with Gasteiger partial charge in [0.15, 0.2) is 11.0 Å². The Hall–Kier alpha value is -2.02. The highest BCUT2D eigenvalue weighted by Crippen LogP contribution is 2.30. The zero-order valence-corrected chi connectivity index (χ0v) is 16.6. The lowest BCUT2D eigenvalue weighted by Crippen LogP contribution is -2.48. The van der Waals surface area contributed by atoms with Gasteiger partial charge in [-0.3, -0.25) is 4.79 Å². The van der Waals surface area contributed by atoms with Gasteiger partial charge in [0.25, 0.3) is 0 Å². The van der Waals surface area contributed by atoms with E-state index in [4.69, 9.17) is 4.74 Å². The zero-order valence-electron chi connectivity index (χ0n) is 15.8. The molecule has 0 unspecified atom stereocenters. The Bertz CT molecular complexity index is 767. The minimum Gasteiger partial charge on any atom is -0.496 e. The molecule has 0 saturated carbocycles. The monoisotopic (exact) mass is 374 g/mol. The first-order chi connectivity index (χ1) is 12.5. The van der Waals surface area contributed by atoms with Crippen molar-refractivity contribution < 1.29 is 9.53 Å². The lowest BCUT2D eigenvalue weighted by atomic mass is 9.98. The molecule has 2 atom stereocenters. The maximum Gasteiger partial charge on any atom is 0.233 e. The topological polar surface area (TPSA) is 60.3 Å². The molecule has 6 nitrogen and oxygen atoms in total. The third-order valence-electron chi connectivity index (χ3n) is 4.99. The Morgan fingerprint density at radius 3 is 2.62 bits per heavy atom. The Kier molecular flexibility index (Phi) is 5.86. The van der Waals surface area contributed by atoms with Crippen molar-refractivity contribution in [1.82, 2.24) is 19.7 Å². The molecule has 0 bridgehead atoms. The van der Waals surface area contributed by atoms with Gasteiger partial charge in [-0.15, -0.1) is 10.2 Å². The van der Waals surface area contributed by atoms with Crippen LogP contribution in [0.15, 0.2) is 29.4 Å². The number of ether oxygens (including phenoxy) is 1. The number of likely N-dealkylation sites (tertiary alicyclic amines) is 1. The fraction of sp³-hybridized carbons (Fsp3) is 0.526. The molecule has 0 spiro atoms. The molecule has 140 valence electrons. The number of nitrogens with zero attached hydrogens (tertiary/aromatic N) is 4. The van der Waals surface area contributed by atoms with E-state index < -0.39 is 0 Å². The van der Waals surface area contributed by atoms with Gasteiger partial charge in [-0.05, 0) is 45.2 Å². The summed E-state index contributed by atoms with van der Waals surface area (Å²) in [6.07, 6.45) is 3.37. The van der Waals surface area contributed by atoms with Gasteiger partial charge in [0.1, 0.15) is 5.75 Å². The Labute approximate surface area is 158 Å². The number of rotatable bonds is 5. The molecular formula is C19H26N4O2S. The van der Waals surface area contributed by atoms with Crippen molar-refractivity contribution >= 4 is 17.7 Å². The lowest BCUT2D eigenvalue weighted by molar-refractivity contribution is -0.134. The summed E-state index contributed by atoms with van der Waals surface area (Å²) < 4.78 is 7.33. The quantitative estimate of drug-likeness (QED) is 0.751. The van der Waals surface area contributed by atoms with Gasteiger partial charge in [-0.2, -0.15) is 0 Å². The van der Waals surface area contributed by atoms with E-state index in [2.05, 4.69) is 24.0 Å². The van der Waals surface area contributed by atoms with E-state index in [1.165, 1.54) is 18.2 Å². The first-order valence-corrected chi connectivity index (χ1v) is 9.98. The average Bonchev–Trinajstić information content (AvgIpc) is 3.00. The van der Waals surface area contributed by atoms with Crippen LogP contribution in [-0.4, -0.2) is 50.5 Å². The first kappa shape index (κ1) is 18.8. The molecule has 7 heteroatoms. The van der Waals surface area contributed by atoms with Crippen LogP contribution in [0.4, 0.5) is 0 Å². The maximum atomic E-state index is 12.7. The molecule has 0 aliphatic carbocycles. The number of thioether (sulfide) groups is 1. The van der Waals surface area contributed by atoms with E-state index >= 15 is 0 Å². The van der Waals surface area contributed by atoms with Crippen molar-refractivity contribution in [1.29, 1.82) is 0 Å². The Morgan fingerprint density at radius 1 is 1.23 bits per heavy atom. The van der Waals surface area contributed by atoms with Crippen LogP contribution in [0.5, 0.6) is 5.75 Å². The second-order valence-electron chi connectivity index (χ2n) is 6.78. The second kappa shape index (κ2) is 8.12. The number of para-hydroxylation sites is 1. The smallest absolute Gasteiger partial charge is 0.233 e. The molecule has 1 aromatic carbocycles. The fourth-order valence-electron chi connectivity index (χ4n) is 3.62. The third kappa shape index (κ3) is 3.72. The number of aromatic nitrogens is 3. The van der Waals surface area contributed by atoms with Crippen LogP contribution in [0.3, 0.4) is 0 Å². The van der Waals surface area contributed by atoms with Crippen LogP contribution in [-0.2, 0) is 11.8 Å². The molecule has 3 rings (SSSR count). The summed E-state index contributed by atoms with van der Waals surface area (Å²) in [5, 5.41) is 9.31. The molecular weight excluding hydrogens is 348 g/mol. The lowest BCUT2D eigenvalue weighted by Gasteiger charge is -2.39. The summed E-state index contributed by atoms with van der Waals surface area (Å²) in [4.78, 5) is 14.7. The van der Waals surface area contributed by atoms with Gasteiger partial charge in [-0.25, -0.2) is 0 Å². The predicted octanol–water partition coefficient (Wildman–Crippen LogP) is 3.37. The van der Waals surface area contributed by atoms with Crippen LogP contribution in [0.1, 0.15) is 33.1 Å². The average molecular weight is 375 g/mol. The number of carbonyl (C=O) groups excluding carboxylic acids is 1. The molecule has 1 aromatic heterocycles. The number of hydrogen-bond acceptors (Lipinski definition) is 5. The van der Waals surface area contributed by atoms with E-state index in [1.807, 2.05) is 40.8 Å². The minimum atomic E-state index is 0.177. The van der Waals surface area contributed by atoms with Crippen molar-refractivity contribution in [2.75, 3.05) is 12.9 Å². The van der Waals surface area contributed by atoms with Gasteiger partial charge in [0.05, 0.1) is 18.4 Å². The standard InChI is InChI=1S/C19H26N4O2S/c1-13-8-7-9-14(2)23(13)17(24)12-26-19-21-20-18(22(19)3)15-10-5-6-11-16(15)25-4/h5-6,10-11,13-14H,7-9,12H2,1-4H3/t13-,14-/m1/s1. The maximum absolute atomic E-state index is 12.7. The van der Waals surface area contributed by atoms with Crippen molar-refractivity contribution in [3.63, 3.8) is 0 Å². The minimum absolute atomic E-state index is 0.177. The molecule has 2 aromatic rings. The van der Waals surface area contributed by atoms with E-state index in [1.54, 1.807) is 7.11 Å². The fourth-order valence-corrected chi connectivity index (χ4v) is 4.40. The van der Waals surface area contributed by atoms with Crippen molar-refractivity contribution in [2.45, 2.75) is 50.4 Å². The zero-order chi connectivity index (χ0) is 18.7. The van der Waals surface area contributed by atoms with Gasteiger partial charge >= 0.3 is 0 Å². The summed E-state index contributed by atoms with van der Waals surface area (Å²) in [6.45, 7) is 4.28. The van der Waals surface area contributed by atoms with Crippen LogP contribution in [0.25, 0.3) is 11.4 Å². The molecule has 1 aliphatic rings. The van der Waals surface area contributed by atoms with Crippen LogP contribution < -0.4 is 4.74 Å². The second-order valence-corrected chi connectivity index (χ2v) is 7.73. The number of carbonyl (C=O) groups is 1. The van der Waals surface area contributed by atoms with E-state index in [0.717, 1.165) is 35.1 Å². The number of benzene rings is 1. The van der Waals surface area contributed by atoms with Gasteiger partial charge in [0, 0.05) is 19.1 Å². The molecule has 0 radical (unpaired) electrons. The molecule has 1 fully saturated rings. The Morgan fingerprint density at radius 2 is 1.92 bits per heavy atom. The third-order valence-corrected chi connectivity index (χ3v) is 5.99. The number of hydrogen-bond donors (Lipinski definition) is 0. The van der Waals surface area contributed by atoms with E-state index in [0.29, 0.717) is 17.8 Å². The number of amides is 1. The number of piperidine rings is 1.